The monoisotopic (exact) mass is 426 g/mol. The Hall–Kier alpha value is 0.160. The largest absolute Gasteiger partial charge is 0.463 e. The van der Waals surface area contributed by atoms with Crippen LogP contribution in [0.4, 0.5) is 0 Å². The molecule has 0 fully saturated rings. The van der Waals surface area contributed by atoms with Crippen molar-refractivity contribution >= 4 is 47.8 Å². The molecule has 0 aliphatic carbocycles. The fraction of sp³-hybridized carbons (Fsp3) is 0.333. The van der Waals surface area contributed by atoms with Crippen molar-refractivity contribution in [3.8, 4) is 5.75 Å². The van der Waals surface area contributed by atoms with E-state index in [1.54, 1.807) is 0 Å². The minimum atomic E-state index is -0.333. The van der Waals surface area contributed by atoms with Gasteiger partial charge in [-0.15, -0.1) is 0 Å². The molecule has 5 heteroatoms. The summed E-state index contributed by atoms with van der Waals surface area (Å²) in [6, 6.07) is 3.84. The summed E-state index contributed by atoms with van der Waals surface area (Å²) in [5, 5.41) is 0. The van der Waals surface area contributed by atoms with Crippen molar-refractivity contribution in [2.75, 3.05) is 6.61 Å². The smallest absolute Gasteiger partial charge is 0.197 e. The molecule has 2 nitrogen and oxygen atoms in total. The van der Waals surface area contributed by atoms with Gasteiger partial charge >= 0.3 is 0 Å². The van der Waals surface area contributed by atoms with Crippen LogP contribution in [0.25, 0.3) is 0 Å². The Morgan fingerprint density at radius 1 is 1.29 bits per heavy atom. The topological polar surface area (TPSA) is 18.5 Å². The van der Waals surface area contributed by atoms with E-state index in [-0.39, 0.29) is 6.29 Å². The van der Waals surface area contributed by atoms with Crippen LogP contribution in [-0.2, 0) is 4.74 Å². The lowest BCUT2D eigenvalue weighted by Gasteiger charge is -2.17. The lowest BCUT2D eigenvalue weighted by Crippen LogP contribution is -2.17. The molecule has 0 radical (unpaired) electrons. The van der Waals surface area contributed by atoms with Crippen molar-refractivity contribution in [3.05, 3.63) is 37.7 Å². The van der Waals surface area contributed by atoms with Crippen LogP contribution in [0.5, 0.6) is 5.75 Å². The minimum absolute atomic E-state index is 0.333. The SMILES string of the molecule is C=C(C)COC(C)Oc1c(Br)cc(Br)cc1Br. The second-order valence-electron chi connectivity index (χ2n) is 3.65. The number of hydrogen-bond acceptors (Lipinski definition) is 2. The average Bonchev–Trinajstić information content (AvgIpc) is 2.20. The summed E-state index contributed by atoms with van der Waals surface area (Å²) in [6.07, 6.45) is -0.333. The molecule has 1 aromatic rings. The minimum Gasteiger partial charge on any atom is -0.463 e. The molecule has 0 saturated carbocycles. The maximum Gasteiger partial charge on any atom is 0.197 e. The molecular formula is C12H13Br3O2. The molecule has 0 N–H and O–H groups in total. The molecular weight excluding hydrogens is 416 g/mol. The zero-order valence-corrected chi connectivity index (χ0v) is 14.4. The van der Waals surface area contributed by atoms with Gasteiger partial charge in [0.25, 0.3) is 0 Å². The van der Waals surface area contributed by atoms with Crippen molar-refractivity contribution in [2.45, 2.75) is 20.1 Å². The van der Waals surface area contributed by atoms with E-state index in [1.165, 1.54) is 0 Å². The summed E-state index contributed by atoms with van der Waals surface area (Å²) in [7, 11) is 0. The van der Waals surface area contributed by atoms with Gasteiger partial charge < -0.3 is 9.47 Å². The van der Waals surface area contributed by atoms with Crippen LogP contribution in [0.15, 0.2) is 37.7 Å². The standard InChI is InChI=1S/C12H13Br3O2/c1-7(2)6-16-8(3)17-12-10(14)4-9(13)5-11(12)15/h4-5,8H,1,6H2,2-3H3. The van der Waals surface area contributed by atoms with Crippen LogP contribution in [-0.4, -0.2) is 12.9 Å². The highest BCUT2D eigenvalue weighted by Crippen LogP contribution is 2.37. The molecule has 1 rings (SSSR count). The number of benzene rings is 1. The Balaban J connectivity index is 2.71. The third kappa shape index (κ3) is 5.12. The first-order chi connectivity index (χ1) is 7.90. The number of halogens is 3. The molecule has 1 unspecified atom stereocenters. The molecule has 0 heterocycles. The van der Waals surface area contributed by atoms with Crippen molar-refractivity contribution in [1.29, 1.82) is 0 Å². The van der Waals surface area contributed by atoms with E-state index in [9.17, 15) is 0 Å². The first kappa shape index (κ1) is 15.2. The van der Waals surface area contributed by atoms with Crippen LogP contribution in [0.1, 0.15) is 13.8 Å². The van der Waals surface area contributed by atoms with Crippen LogP contribution in [0, 0.1) is 0 Å². The number of ether oxygens (including phenoxy) is 2. The van der Waals surface area contributed by atoms with Gasteiger partial charge in [-0.2, -0.15) is 0 Å². The summed E-state index contributed by atoms with van der Waals surface area (Å²) >= 11 is 10.3. The first-order valence-corrected chi connectivity index (χ1v) is 7.35. The van der Waals surface area contributed by atoms with E-state index in [4.69, 9.17) is 9.47 Å². The first-order valence-electron chi connectivity index (χ1n) is 4.97. The normalized spacial score (nSPS) is 12.3. The highest BCUT2D eigenvalue weighted by molar-refractivity contribution is 9.11. The molecule has 0 aliphatic heterocycles. The fourth-order valence-corrected chi connectivity index (χ4v) is 3.55. The molecule has 17 heavy (non-hydrogen) atoms. The summed E-state index contributed by atoms with van der Waals surface area (Å²) in [5.74, 6) is 0.724. The Bertz CT molecular complexity index is 395. The van der Waals surface area contributed by atoms with Gasteiger partial charge in [0.15, 0.2) is 12.0 Å². The highest BCUT2D eigenvalue weighted by Gasteiger charge is 2.12. The van der Waals surface area contributed by atoms with Gasteiger partial charge in [-0.1, -0.05) is 28.1 Å². The maximum atomic E-state index is 5.70. The van der Waals surface area contributed by atoms with E-state index in [2.05, 4.69) is 54.4 Å². The van der Waals surface area contributed by atoms with E-state index >= 15 is 0 Å². The van der Waals surface area contributed by atoms with Gasteiger partial charge in [0, 0.05) is 4.47 Å². The lowest BCUT2D eigenvalue weighted by molar-refractivity contribution is -0.0580. The molecule has 0 aliphatic rings. The van der Waals surface area contributed by atoms with Gasteiger partial charge in [-0.05, 0) is 57.8 Å². The van der Waals surface area contributed by atoms with Gasteiger partial charge in [0.05, 0.1) is 15.6 Å². The molecule has 0 bridgehead atoms. The van der Waals surface area contributed by atoms with Gasteiger partial charge in [-0.3, -0.25) is 0 Å². The summed E-state index contributed by atoms with van der Waals surface area (Å²) in [5.41, 5.74) is 0.967. The van der Waals surface area contributed by atoms with E-state index in [1.807, 2.05) is 26.0 Å². The lowest BCUT2D eigenvalue weighted by atomic mass is 10.3. The van der Waals surface area contributed by atoms with E-state index in [0.29, 0.717) is 6.61 Å². The number of rotatable bonds is 5. The second-order valence-corrected chi connectivity index (χ2v) is 6.28. The zero-order chi connectivity index (χ0) is 13.0. The Morgan fingerprint density at radius 2 is 1.82 bits per heavy atom. The zero-order valence-electron chi connectivity index (χ0n) is 9.60. The van der Waals surface area contributed by atoms with Gasteiger partial charge in [0.2, 0.25) is 0 Å². The highest BCUT2D eigenvalue weighted by atomic mass is 79.9. The third-order valence-electron chi connectivity index (χ3n) is 1.81. The molecule has 0 amide bonds. The fourth-order valence-electron chi connectivity index (χ4n) is 1.10. The Kier molecular flexibility index (Phi) is 6.20. The quantitative estimate of drug-likeness (QED) is 0.468. The van der Waals surface area contributed by atoms with Crippen molar-refractivity contribution in [2.24, 2.45) is 0 Å². The van der Waals surface area contributed by atoms with Crippen molar-refractivity contribution < 1.29 is 9.47 Å². The maximum absolute atomic E-state index is 5.70. The predicted molar refractivity (Wildman–Crippen MR) is 80.4 cm³/mol. The average molecular weight is 429 g/mol. The van der Waals surface area contributed by atoms with Crippen molar-refractivity contribution in [3.63, 3.8) is 0 Å². The Labute approximate surface area is 127 Å². The van der Waals surface area contributed by atoms with E-state index < -0.39 is 0 Å². The van der Waals surface area contributed by atoms with Gasteiger partial charge in [0.1, 0.15) is 0 Å². The van der Waals surface area contributed by atoms with Crippen LogP contribution in [0.3, 0.4) is 0 Å². The van der Waals surface area contributed by atoms with E-state index in [0.717, 1.165) is 24.7 Å². The molecule has 1 aromatic carbocycles. The van der Waals surface area contributed by atoms with Crippen LogP contribution >= 0.6 is 47.8 Å². The summed E-state index contributed by atoms with van der Waals surface area (Å²) in [4.78, 5) is 0. The molecule has 0 aromatic heterocycles. The number of hydrogen-bond donors (Lipinski definition) is 0. The summed E-state index contributed by atoms with van der Waals surface area (Å²) < 4.78 is 13.9. The molecule has 0 spiro atoms. The molecule has 94 valence electrons. The predicted octanol–water partition coefficient (Wildman–Crippen LogP) is 5.29. The Morgan fingerprint density at radius 3 is 2.29 bits per heavy atom. The third-order valence-corrected chi connectivity index (χ3v) is 3.45. The molecule has 0 saturated heterocycles. The molecule has 1 atom stereocenters. The van der Waals surface area contributed by atoms with Crippen molar-refractivity contribution in [1.82, 2.24) is 0 Å². The van der Waals surface area contributed by atoms with Crippen LogP contribution < -0.4 is 4.74 Å². The van der Waals surface area contributed by atoms with Gasteiger partial charge in [-0.25, -0.2) is 0 Å². The van der Waals surface area contributed by atoms with Crippen LogP contribution in [0.2, 0.25) is 0 Å². The second kappa shape index (κ2) is 6.92. The summed E-state index contributed by atoms with van der Waals surface area (Å²) in [6.45, 7) is 8.03.